The van der Waals surface area contributed by atoms with Crippen LogP contribution in [0.25, 0.3) is 6.08 Å². The third-order valence-electron chi connectivity index (χ3n) is 2.79. The highest BCUT2D eigenvalue weighted by Crippen LogP contribution is 2.32. The van der Waals surface area contributed by atoms with Crippen LogP contribution >= 0.6 is 0 Å². The van der Waals surface area contributed by atoms with Gasteiger partial charge in [0.1, 0.15) is 11.9 Å². The van der Waals surface area contributed by atoms with Crippen molar-refractivity contribution >= 4 is 6.08 Å². The zero-order chi connectivity index (χ0) is 11.9. The maximum absolute atomic E-state index is 5.78. The largest absolute Gasteiger partial charge is 0.484 e. The molecule has 1 unspecified atom stereocenters. The lowest BCUT2D eigenvalue weighted by molar-refractivity contribution is 0.262. The van der Waals surface area contributed by atoms with Crippen molar-refractivity contribution in [1.82, 2.24) is 4.98 Å². The van der Waals surface area contributed by atoms with Crippen LogP contribution in [0.5, 0.6) is 5.75 Å². The molecule has 16 heavy (non-hydrogen) atoms. The molecule has 0 radical (unpaired) electrons. The summed E-state index contributed by atoms with van der Waals surface area (Å²) in [6.45, 7) is 10.6. The second-order valence-electron chi connectivity index (χ2n) is 5.44. The standard InChI is InChI=1S/C14H19NO/c1-9-6-7-11-8-12(14(3,4)5)15-10(2)13(11)16-9/h6-9H,1-5H3. The molecule has 0 N–H and O–H groups in total. The second kappa shape index (κ2) is 3.62. The Morgan fingerprint density at radius 3 is 2.62 bits per heavy atom. The summed E-state index contributed by atoms with van der Waals surface area (Å²) in [4.78, 5) is 4.63. The Morgan fingerprint density at radius 2 is 2.00 bits per heavy atom. The lowest BCUT2D eigenvalue weighted by atomic mass is 9.90. The van der Waals surface area contributed by atoms with Crippen molar-refractivity contribution < 1.29 is 4.74 Å². The first-order valence-electron chi connectivity index (χ1n) is 5.75. The fraction of sp³-hybridized carbons (Fsp3) is 0.500. The highest BCUT2D eigenvalue weighted by molar-refractivity contribution is 5.62. The number of hydrogen-bond donors (Lipinski definition) is 0. The van der Waals surface area contributed by atoms with Crippen LogP contribution in [-0.2, 0) is 5.41 Å². The van der Waals surface area contributed by atoms with E-state index in [2.05, 4.69) is 44.0 Å². The van der Waals surface area contributed by atoms with Gasteiger partial charge < -0.3 is 4.74 Å². The molecular weight excluding hydrogens is 198 g/mol. The third kappa shape index (κ3) is 1.97. The molecule has 1 aliphatic heterocycles. The fourth-order valence-corrected chi connectivity index (χ4v) is 1.81. The van der Waals surface area contributed by atoms with Crippen LogP contribution in [0.4, 0.5) is 0 Å². The van der Waals surface area contributed by atoms with E-state index in [1.54, 1.807) is 0 Å². The molecular formula is C14H19NO. The van der Waals surface area contributed by atoms with Crippen molar-refractivity contribution in [2.75, 3.05) is 0 Å². The zero-order valence-electron chi connectivity index (χ0n) is 10.7. The summed E-state index contributed by atoms with van der Waals surface area (Å²) in [6, 6.07) is 2.13. The predicted octanol–water partition coefficient (Wildman–Crippen LogP) is 3.48. The quantitative estimate of drug-likeness (QED) is 0.663. The van der Waals surface area contributed by atoms with Crippen molar-refractivity contribution in [3.05, 3.63) is 29.1 Å². The summed E-state index contributed by atoms with van der Waals surface area (Å²) in [5.41, 5.74) is 3.33. The van der Waals surface area contributed by atoms with Crippen LogP contribution in [-0.4, -0.2) is 11.1 Å². The van der Waals surface area contributed by atoms with Gasteiger partial charge in [0.05, 0.1) is 5.69 Å². The molecule has 0 saturated heterocycles. The number of aromatic nitrogens is 1. The van der Waals surface area contributed by atoms with E-state index in [-0.39, 0.29) is 11.5 Å². The SMILES string of the molecule is Cc1nc(C(C)(C)C)cc2c1OC(C)C=C2. The summed E-state index contributed by atoms with van der Waals surface area (Å²) < 4.78 is 5.78. The monoisotopic (exact) mass is 217 g/mol. The second-order valence-corrected chi connectivity index (χ2v) is 5.44. The van der Waals surface area contributed by atoms with E-state index in [9.17, 15) is 0 Å². The molecule has 1 aromatic heterocycles. The average Bonchev–Trinajstić information content (AvgIpc) is 2.17. The highest BCUT2D eigenvalue weighted by atomic mass is 16.5. The van der Waals surface area contributed by atoms with Gasteiger partial charge in [-0.3, -0.25) is 4.98 Å². The van der Waals surface area contributed by atoms with E-state index in [4.69, 9.17) is 4.74 Å². The van der Waals surface area contributed by atoms with Crippen LogP contribution in [0, 0.1) is 6.92 Å². The van der Waals surface area contributed by atoms with Gasteiger partial charge in [0.15, 0.2) is 0 Å². The first-order chi connectivity index (χ1) is 7.38. The number of rotatable bonds is 0. The number of nitrogens with zero attached hydrogens (tertiary/aromatic N) is 1. The summed E-state index contributed by atoms with van der Waals surface area (Å²) in [5, 5.41) is 0. The molecule has 2 heterocycles. The molecule has 86 valence electrons. The first-order valence-corrected chi connectivity index (χ1v) is 5.75. The van der Waals surface area contributed by atoms with Gasteiger partial charge in [-0.25, -0.2) is 0 Å². The molecule has 0 bridgehead atoms. The van der Waals surface area contributed by atoms with Crippen LogP contribution in [0.3, 0.4) is 0 Å². The predicted molar refractivity (Wildman–Crippen MR) is 66.8 cm³/mol. The molecule has 1 aliphatic rings. The number of pyridine rings is 1. The number of ether oxygens (including phenoxy) is 1. The van der Waals surface area contributed by atoms with Crippen molar-refractivity contribution in [2.24, 2.45) is 0 Å². The van der Waals surface area contributed by atoms with Gasteiger partial charge in [-0.15, -0.1) is 0 Å². The van der Waals surface area contributed by atoms with Crippen molar-refractivity contribution in [3.8, 4) is 5.75 Å². The third-order valence-corrected chi connectivity index (χ3v) is 2.79. The molecule has 0 fully saturated rings. The molecule has 0 amide bonds. The smallest absolute Gasteiger partial charge is 0.148 e. The Balaban J connectivity index is 2.54. The Morgan fingerprint density at radius 1 is 1.31 bits per heavy atom. The molecule has 0 aromatic carbocycles. The van der Waals surface area contributed by atoms with E-state index in [0.29, 0.717) is 0 Å². The van der Waals surface area contributed by atoms with E-state index < -0.39 is 0 Å². The normalized spacial score (nSPS) is 19.2. The number of hydrogen-bond acceptors (Lipinski definition) is 2. The molecule has 0 spiro atoms. The lowest BCUT2D eigenvalue weighted by Crippen LogP contribution is -2.18. The van der Waals surface area contributed by atoms with Gasteiger partial charge in [-0.1, -0.05) is 26.8 Å². The Labute approximate surface area is 97.4 Å². The Hall–Kier alpha value is -1.31. The molecule has 1 aromatic rings. The molecule has 2 nitrogen and oxygen atoms in total. The molecule has 1 atom stereocenters. The van der Waals surface area contributed by atoms with Crippen LogP contribution in [0.15, 0.2) is 12.1 Å². The van der Waals surface area contributed by atoms with Crippen LogP contribution < -0.4 is 4.74 Å². The lowest BCUT2D eigenvalue weighted by Gasteiger charge is -2.24. The summed E-state index contributed by atoms with van der Waals surface area (Å²) >= 11 is 0. The van der Waals surface area contributed by atoms with Gasteiger partial charge in [0.2, 0.25) is 0 Å². The van der Waals surface area contributed by atoms with Gasteiger partial charge in [-0.05, 0) is 26.0 Å². The van der Waals surface area contributed by atoms with E-state index >= 15 is 0 Å². The van der Waals surface area contributed by atoms with E-state index in [1.807, 2.05) is 13.8 Å². The Kier molecular flexibility index (Phi) is 2.53. The highest BCUT2D eigenvalue weighted by Gasteiger charge is 2.21. The van der Waals surface area contributed by atoms with Gasteiger partial charge in [-0.2, -0.15) is 0 Å². The van der Waals surface area contributed by atoms with Crippen molar-refractivity contribution in [2.45, 2.75) is 46.1 Å². The van der Waals surface area contributed by atoms with E-state index in [0.717, 1.165) is 22.7 Å². The topological polar surface area (TPSA) is 22.1 Å². The van der Waals surface area contributed by atoms with Crippen LogP contribution in [0.2, 0.25) is 0 Å². The summed E-state index contributed by atoms with van der Waals surface area (Å²) in [5.74, 6) is 0.933. The van der Waals surface area contributed by atoms with Crippen LogP contribution in [0.1, 0.15) is 44.6 Å². The Bertz CT molecular complexity index is 441. The minimum Gasteiger partial charge on any atom is -0.484 e. The number of fused-ring (bicyclic) bond motifs is 1. The van der Waals surface area contributed by atoms with Crippen molar-refractivity contribution in [1.29, 1.82) is 0 Å². The summed E-state index contributed by atoms with van der Waals surface area (Å²) in [6.07, 6.45) is 4.36. The fourth-order valence-electron chi connectivity index (χ4n) is 1.81. The molecule has 2 rings (SSSR count). The number of aryl methyl sites for hydroxylation is 1. The molecule has 0 aliphatic carbocycles. The molecule has 0 saturated carbocycles. The van der Waals surface area contributed by atoms with Gasteiger partial charge >= 0.3 is 0 Å². The maximum atomic E-state index is 5.78. The minimum absolute atomic E-state index is 0.0801. The maximum Gasteiger partial charge on any atom is 0.148 e. The molecule has 2 heteroatoms. The van der Waals surface area contributed by atoms with Crippen molar-refractivity contribution in [3.63, 3.8) is 0 Å². The summed E-state index contributed by atoms with van der Waals surface area (Å²) in [7, 11) is 0. The van der Waals surface area contributed by atoms with E-state index in [1.165, 1.54) is 0 Å². The van der Waals surface area contributed by atoms with Gasteiger partial charge in [0, 0.05) is 16.7 Å². The van der Waals surface area contributed by atoms with Gasteiger partial charge in [0.25, 0.3) is 0 Å². The first kappa shape index (κ1) is 11.2. The minimum atomic E-state index is 0.0801. The average molecular weight is 217 g/mol. The zero-order valence-corrected chi connectivity index (χ0v) is 10.7.